The predicted molar refractivity (Wildman–Crippen MR) is 84.0 cm³/mol. The number of rotatable bonds is 4. The van der Waals surface area contributed by atoms with Crippen LogP contribution in [0.25, 0.3) is 0 Å². The molecular weight excluding hydrogens is 304 g/mol. The highest BCUT2D eigenvalue weighted by molar-refractivity contribution is 6.30. The molecule has 0 saturated carbocycles. The molecule has 0 bridgehead atoms. The molecule has 1 aromatic heterocycles. The molecule has 116 valence electrons. The summed E-state index contributed by atoms with van der Waals surface area (Å²) in [4.78, 5) is 12.2. The molecule has 2 N–H and O–H groups in total. The smallest absolute Gasteiger partial charge is 0.255 e. The van der Waals surface area contributed by atoms with Gasteiger partial charge in [0.2, 0.25) is 0 Å². The number of halogens is 1. The Morgan fingerprint density at radius 3 is 2.95 bits per heavy atom. The molecule has 1 aromatic carbocycles. The molecule has 1 amide bonds. The van der Waals surface area contributed by atoms with Crippen molar-refractivity contribution in [2.75, 3.05) is 25.0 Å². The number of carbonyl (C=O) groups excluding carboxylic acids is 1. The Kier molecular flexibility index (Phi) is 4.72. The number of nitrogens with one attached hydrogen (secondary N) is 2. The summed E-state index contributed by atoms with van der Waals surface area (Å²) in [5.41, 5.74) is 1.05. The number of benzene rings is 1. The number of carbonyl (C=O) groups is 1. The first kappa shape index (κ1) is 15.0. The van der Waals surface area contributed by atoms with Crippen LogP contribution in [0, 0.1) is 0 Å². The molecule has 0 unspecified atom stereocenters. The third kappa shape index (κ3) is 3.65. The van der Waals surface area contributed by atoms with Crippen molar-refractivity contribution in [1.82, 2.24) is 15.1 Å². The van der Waals surface area contributed by atoms with Gasteiger partial charge in [0.05, 0.1) is 19.3 Å². The fourth-order valence-corrected chi connectivity index (χ4v) is 2.39. The van der Waals surface area contributed by atoms with Crippen LogP contribution in [-0.4, -0.2) is 41.5 Å². The van der Waals surface area contributed by atoms with Gasteiger partial charge in [0.25, 0.3) is 5.91 Å². The predicted octanol–water partition coefficient (Wildman–Crippen LogP) is 1.51. The van der Waals surface area contributed by atoms with Crippen molar-refractivity contribution >= 4 is 23.3 Å². The lowest BCUT2D eigenvalue weighted by Gasteiger charge is -2.22. The zero-order valence-corrected chi connectivity index (χ0v) is 12.7. The van der Waals surface area contributed by atoms with Gasteiger partial charge in [0, 0.05) is 24.2 Å². The van der Waals surface area contributed by atoms with Crippen LogP contribution in [0.15, 0.2) is 36.5 Å². The van der Waals surface area contributed by atoms with E-state index in [0.717, 1.165) is 12.1 Å². The lowest BCUT2D eigenvalue weighted by molar-refractivity contribution is -0.128. The maximum atomic E-state index is 12.2. The lowest BCUT2D eigenvalue weighted by Crippen LogP contribution is -2.45. The van der Waals surface area contributed by atoms with E-state index in [-0.39, 0.29) is 5.91 Å². The van der Waals surface area contributed by atoms with E-state index in [1.165, 1.54) is 0 Å². The van der Waals surface area contributed by atoms with Crippen LogP contribution >= 0.6 is 11.6 Å². The minimum Gasteiger partial charge on any atom is -0.366 e. The van der Waals surface area contributed by atoms with E-state index in [1.807, 2.05) is 24.3 Å². The average molecular weight is 321 g/mol. The zero-order valence-electron chi connectivity index (χ0n) is 12.0. The molecule has 1 aliphatic rings. The summed E-state index contributed by atoms with van der Waals surface area (Å²) in [6.07, 6.45) is 1.19. The van der Waals surface area contributed by atoms with E-state index < -0.39 is 6.10 Å². The summed E-state index contributed by atoms with van der Waals surface area (Å²) in [5, 5.41) is 10.9. The average Bonchev–Trinajstić information content (AvgIpc) is 2.97. The third-order valence-corrected chi connectivity index (χ3v) is 3.69. The van der Waals surface area contributed by atoms with Crippen molar-refractivity contribution in [1.29, 1.82) is 0 Å². The number of ether oxygens (including phenoxy) is 1. The van der Waals surface area contributed by atoms with Gasteiger partial charge in [-0.05, 0) is 17.7 Å². The highest BCUT2D eigenvalue weighted by Crippen LogP contribution is 2.14. The maximum absolute atomic E-state index is 12.2. The topological polar surface area (TPSA) is 68.2 Å². The van der Waals surface area contributed by atoms with Crippen molar-refractivity contribution < 1.29 is 9.53 Å². The van der Waals surface area contributed by atoms with Crippen LogP contribution in [-0.2, 0) is 16.1 Å². The quantitative estimate of drug-likeness (QED) is 0.896. The molecule has 22 heavy (non-hydrogen) atoms. The van der Waals surface area contributed by atoms with Gasteiger partial charge in [-0.2, -0.15) is 5.10 Å². The van der Waals surface area contributed by atoms with Crippen LogP contribution in [0.2, 0.25) is 5.02 Å². The molecule has 1 fully saturated rings. The number of amides is 1. The van der Waals surface area contributed by atoms with Gasteiger partial charge < -0.3 is 15.4 Å². The highest BCUT2D eigenvalue weighted by atomic mass is 35.5. The second-order valence-corrected chi connectivity index (χ2v) is 5.49. The van der Waals surface area contributed by atoms with Crippen molar-refractivity contribution in [3.8, 4) is 0 Å². The van der Waals surface area contributed by atoms with Crippen LogP contribution in [0.3, 0.4) is 0 Å². The minimum absolute atomic E-state index is 0.162. The van der Waals surface area contributed by atoms with Gasteiger partial charge in [0.1, 0.15) is 11.9 Å². The van der Waals surface area contributed by atoms with Crippen molar-refractivity contribution in [2.24, 2.45) is 0 Å². The van der Waals surface area contributed by atoms with E-state index in [4.69, 9.17) is 16.3 Å². The number of morpholine rings is 1. The molecule has 0 radical (unpaired) electrons. The summed E-state index contributed by atoms with van der Waals surface area (Å²) in [7, 11) is 0. The molecule has 1 atom stereocenters. The molecule has 6 nitrogen and oxygen atoms in total. The second kappa shape index (κ2) is 6.91. The Labute approximate surface area is 133 Å². The zero-order chi connectivity index (χ0) is 15.4. The van der Waals surface area contributed by atoms with Crippen molar-refractivity contribution in [3.63, 3.8) is 0 Å². The van der Waals surface area contributed by atoms with E-state index in [9.17, 15) is 4.79 Å². The molecule has 1 aliphatic heterocycles. The largest absolute Gasteiger partial charge is 0.366 e. The third-order valence-electron chi connectivity index (χ3n) is 3.43. The molecule has 2 heterocycles. The van der Waals surface area contributed by atoms with Gasteiger partial charge in [-0.25, -0.2) is 4.68 Å². The standard InChI is InChI=1S/C15H17ClN4O2/c16-12-3-1-11(2-4-12)10-20-14(5-6-18-20)19-15(21)13-9-17-7-8-22-13/h1-6,13,17H,7-10H2,(H,19,21)/t13-/m1/s1. The minimum atomic E-state index is -0.465. The van der Waals surface area contributed by atoms with Crippen molar-refractivity contribution in [2.45, 2.75) is 12.6 Å². The van der Waals surface area contributed by atoms with E-state index in [1.54, 1.807) is 16.9 Å². The second-order valence-electron chi connectivity index (χ2n) is 5.05. The van der Waals surface area contributed by atoms with Gasteiger partial charge >= 0.3 is 0 Å². The monoisotopic (exact) mass is 320 g/mol. The Morgan fingerprint density at radius 2 is 2.23 bits per heavy atom. The van der Waals surface area contributed by atoms with E-state index in [0.29, 0.717) is 30.5 Å². The Hall–Kier alpha value is -1.89. The Balaban J connectivity index is 1.66. The van der Waals surface area contributed by atoms with Gasteiger partial charge in [-0.1, -0.05) is 23.7 Å². The summed E-state index contributed by atoms with van der Waals surface area (Å²) in [6.45, 7) is 2.40. The molecule has 0 aliphatic carbocycles. The number of anilines is 1. The number of nitrogens with zero attached hydrogens (tertiary/aromatic N) is 2. The lowest BCUT2D eigenvalue weighted by atomic mass is 10.2. The normalized spacial score (nSPS) is 18.1. The van der Waals surface area contributed by atoms with Crippen LogP contribution in [0.4, 0.5) is 5.82 Å². The number of aromatic nitrogens is 2. The summed E-state index contributed by atoms with van der Waals surface area (Å²) in [5.74, 6) is 0.485. The first-order valence-corrected chi connectivity index (χ1v) is 7.49. The number of hydrogen-bond donors (Lipinski definition) is 2. The summed E-state index contributed by atoms with van der Waals surface area (Å²) >= 11 is 5.88. The van der Waals surface area contributed by atoms with Crippen LogP contribution in [0.5, 0.6) is 0 Å². The maximum Gasteiger partial charge on any atom is 0.255 e. The molecule has 7 heteroatoms. The Morgan fingerprint density at radius 1 is 1.41 bits per heavy atom. The summed E-state index contributed by atoms with van der Waals surface area (Å²) < 4.78 is 7.17. The van der Waals surface area contributed by atoms with Crippen LogP contribution in [0.1, 0.15) is 5.56 Å². The molecule has 0 spiro atoms. The molecule has 3 rings (SSSR count). The molecule has 2 aromatic rings. The molecule has 1 saturated heterocycles. The highest BCUT2D eigenvalue weighted by Gasteiger charge is 2.22. The van der Waals surface area contributed by atoms with Gasteiger partial charge in [-0.3, -0.25) is 4.79 Å². The number of hydrogen-bond acceptors (Lipinski definition) is 4. The van der Waals surface area contributed by atoms with Gasteiger partial charge in [-0.15, -0.1) is 0 Å². The first-order valence-electron chi connectivity index (χ1n) is 7.12. The SMILES string of the molecule is O=C(Nc1ccnn1Cc1ccc(Cl)cc1)[C@H]1CNCCO1. The Bertz CT molecular complexity index is 635. The molecular formula is C15H17ClN4O2. The first-order chi connectivity index (χ1) is 10.7. The fraction of sp³-hybridized carbons (Fsp3) is 0.333. The fourth-order valence-electron chi connectivity index (χ4n) is 2.27. The van der Waals surface area contributed by atoms with Crippen molar-refractivity contribution in [3.05, 3.63) is 47.1 Å². The van der Waals surface area contributed by atoms with Crippen LogP contribution < -0.4 is 10.6 Å². The van der Waals surface area contributed by atoms with E-state index in [2.05, 4.69) is 15.7 Å². The summed E-state index contributed by atoms with van der Waals surface area (Å²) in [6, 6.07) is 9.30. The van der Waals surface area contributed by atoms with Gasteiger partial charge in [0.15, 0.2) is 0 Å². The van der Waals surface area contributed by atoms with E-state index >= 15 is 0 Å².